The Morgan fingerprint density at radius 1 is 1.14 bits per heavy atom. The molecule has 0 unspecified atom stereocenters. The van der Waals surface area contributed by atoms with Crippen LogP contribution in [0.5, 0.6) is 0 Å². The van der Waals surface area contributed by atoms with Crippen molar-refractivity contribution < 1.29 is 4.79 Å². The summed E-state index contributed by atoms with van der Waals surface area (Å²) in [6.45, 7) is 3.49. The fourth-order valence-electron chi connectivity index (χ4n) is 3.25. The molecule has 1 N–H and O–H groups in total. The van der Waals surface area contributed by atoms with Crippen LogP contribution in [0.15, 0.2) is 47.1 Å². The minimum atomic E-state index is -0.0506. The molecule has 0 aliphatic carbocycles. The Balaban J connectivity index is 1.39. The van der Waals surface area contributed by atoms with Crippen LogP contribution in [0.3, 0.4) is 0 Å². The van der Waals surface area contributed by atoms with Gasteiger partial charge in [0, 0.05) is 29.7 Å². The van der Waals surface area contributed by atoms with Crippen molar-refractivity contribution in [1.29, 1.82) is 0 Å². The number of tetrazole rings is 1. The maximum atomic E-state index is 12.5. The first-order valence-corrected chi connectivity index (χ1v) is 9.92. The number of nitrogens with one attached hydrogen (secondary N) is 1. The molecule has 0 saturated carbocycles. The summed E-state index contributed by atoms with van der Waals surface area (Å²) in [5.74, 6) is 1.23. The number of piperidine rings is 1. The van der Waals surface area contributed by atoms with Crippen LogP contribution in [-0.2, 0) is 4.79 Å². The van der Waals surface area contributed by atoms with Crippen LogP contribution in [0, 0.1) is 12.8 Å². The number of pyridine rings is 1. The van der Waals surface area contributed by atoms with Crippen LogP contribution in [0.25, 0.3) is 5.69 Å². The molecule has 1 aromatic carbocycles. The Bertz CT molecular complexity index is 947. The summed E-state index contributed by atoms with van der Waals surface area (Å²) in [5, 5.41) is 15.1. The Morgan fingerprint density at radius 2 is 1.89 bits per heavy atom. The van der Waals surface area contributed by atoms with Gasteiger partial charge >= 0.3 is 0 Å². The van der Waals surface area contributed by atoms with Crippen molar-refractivity contribution in [1.82, 2.24) is 25.2 Å². The van der Waals surface area contributed by atoms with Crippen molar-refractivity contribution in [3.8, 4) is 5.69 Å². The zero-order valence-electron chi connectivity index (χ0n) is 15.4. The van der Waals surface area contributed by atoms with Gasteiger partial charge in [-0.15, -0.1) is 0 Å². The molecular formula is C19H20BrN7O. The van der Waals surface area contributed by atoms with E-state index < -0.39 is 0 Å². The van der Waals surface area contributed by atoms with Gasteiger partial charge < -0.3 is 10.2 Å². The molecule has 1 amide bonds. The number of hydrogen-bond donors (Lipinski definition) is 1. The van der Waals surface area contributed by atoms with E-state index in [1.807, 2.05) is 37.3 Å². The van der Waals surface area contributed by atoms with Crippen molar-refractivity contribution in [2.24, 2.45) is 5.92 Å². The summed E-state index contributed by atoms with van der Waals surface area (Å²) in [4.78, 5) is 18.9. The van der Waals surface area contributed by atoms with E-state index in [0.29, 0.717) is 11.8 Å². The highest BCUT2D eigenvalue weighted by molar-refractivity contribution is 9.10. The normalized spacial score (nSPS) is 14.9. The van der Waals surface area contributed by atoms with Gasteiger partial charge in [-0.2, -0.15) is 4.68 Å². The summed E-state index contributed by atoms with van der Waals surface area (Å²) in [6.07, 6.45) is 3.15. The van der Waals surface area contributed by atoms with E-state index in [4.69, 9.17) is 0 Å². The highest BCUT2D eigenvalue weighted by Gasteiger charge is 2.28. The standard InChI is InChI=1S/C19H20BrN7O/c1-13-2-5-16(6-3-13)27-19(23-24-25-27)26-10-8-14(9-11-26)18(28)22-17-7-4-15(20)12-21-17/h2-7,12,14H,8-11H2,1H3,(H,21,22,28). The van der Waals surface area contributed by atoms with Gasteiger partial charge in [0.1, 0.15) is 5.82 Å². The zero-order chi connectivity index (χ0) is 19.5. The minimum absolute atomic E-state index is 0.00704. The molecule has 144 valence electrons. The quantitative estimate of drug-likeness (QED) is 0.669. The van der Waals surface area contributed by atoms with Crippen molar-refractivity contribution in [2.75, 3.05) is 23.3 Å². The van der Waals surface area contributed by atoms with Crippen LogP contribution in [0.1, 0.15) is 18.4 Å². The number of benzene rings is 1. The number of anilines is 2. The van der Waals surface area contributed by atoms with Gasteiger partial charge in [-0.3, -0.25) is 4.79 Å². The molecule has 3 heterocycles. The summed E-state index contributed by atoms with van der Waals surface area (Å²) in [6, 6.07) is 11.7. The number of amides is 1. The predicted molar refractivity (Wildman–Crippen MR) is 109 cm³/mol. The monoisotopic (exact) mass is 441 g/mol. The average Bonchev–Trinajstić information content (AvgIpc) is 3.20. The second kappa shape index (κ2) is 8.05. The van der Waals surface area contributed by atoms with E-state index >= 15 is 0 Å². The molecule has 8 nitrogen and oxygen atoms in total. The van der Waals surface area contributed by atoms with E-state index in [1.165, 1.54) is 5.56 Å². The Morgan fingerprint density at radius 3 is 2.57 bits per heavy atom. The van der Waals surface area contributed by atoms with Gasteiger partial charge in [0.15, 0.2) is 0 Å². The van der Waals surface area contributed by atoms with Crippen molar-refractivity contribution in [3.63, 3.8) is 0 Å². The minimum Gasteiger partial charge on any atom is -0.339 e. The molecule has 0 bridgehead atoms. The number of aryl methyl sites for hydroxylation is 1. The van der Waals surface area contributed by atoms with Crippen LogP contribution in [0.4, 0.5) is 11.8 Å². The molecule has 9 heteroatoms. The molecule has 0 radical (unpaired) electrons. The van der Waals surface area contributed by atoms with E-state index in [1.54, 1.807) is 16.9 Å². The fourth-order valence-corrected chi connectivity index (χ4v) is 3.49. The maximum Gasteiger partial charge on any atom is 0.250 e. The molecule has 1 aliphatic rings. The summed E-state index contributed by atoms with van der Waals surface area (Å²) in [7, 11) is 0. The van der Waals surface area contributed by atoms with E-state index in [-0.39, 0.29) is 11.8 Å². The summed E-state index contributed by atoms with van der Waals surface area (Å²) >= 11 is 3.34. The summed E-state index contributed by atoms with van der Waals surface area (Å²) < 4.78 is 2.62. The molecule has 1 saturated heterocycles. The molecular weight excluding hydrogens is 422 g/mol. The van der Waals surface area contributed by atoms with Gasteiger partial charge in [-0.1, -0.05) is 22.8 Å². The molecule has 1 fully saturated rings. The predicted octanol–water partition coefficient (Wildman–Crippen LogP) is 2.98. The van der Waals surface area contributed by atoms with E-state index in [9.17, 15) is 4.79 Å². The average molecular weight is 442 g/mol. The largest absolute Gasteiger partial charge is 0.339 e. The first kappa shape index (κ1) is 18.5. The van der Waals surface area contributed by atoms with Gasteiger partial charge in [0.05, 0.1) is 5.69 Å². The lowest BCUT2D eigenvalue weighted by Gasteiger charge is -2.31. The number of carbonyl (C=O) groups excluding carboxylic acids is 1. The molecule has 3 aromatic rings. The smallest absolute Gasteiger partial charge is 0.250 e. The molecule has 2 aromatic heterocycles. The van der Waals surface area contributed by atoms with Crippen LogP contribution in [-0.4, -0.2) is 44.2 Å². The molecule has 0 atom stereocenters. The van der Waals surface area contributed by atoms with Gasteiger partial charge in [-0.05, 0) is 70.4 Å². The van der Waals surface area contributed by atoms with Crippen LogP contribution >= 0.6 is 15.9 Å². The highest BCUT2D eigenvalue weighted by Crippen LogP contribution is 2.24. The third kappa shape index (κ3) is 4.04. The van der Waals surface area contributed by atoms with Crippen LogP contribution < -0.4 is 10.2 Å². The fraction of sp³-hybridized carbons (Fsp3) is 0.316. The molecule has 4 rings (SSSR count). The molecule has 1 aliphatic heterocycles. The number of halogens is 1. The number of nitrogens with zero attached hydrogens (tertiary/aromatic N) is 6. The van der Waals surface area contributed by atoms with Crippen molar-refractivity contribution in [3.05, 3.63) is 52.6 Å². The SMILES string of the molecule is Cc1ccc(-n2nnnc2N2CCC(C(=O)Nc3ccc(Br)cn3)CC2)cc1. The Kier molecular flexibility index (Phi) is 5.34. The van der Waals surface area contributed by atoms with E-state index in [2.05, 4.69) is 46.7 Å². The lowest BCUT2D eigenvalue weighted by Crippen LogP contribution is -2.39. The van der Waals surface area contributed by atoms with Crippen molar-refractivity contribution >= 4 is 33.6 Å². The highest BCUT2D eigenvalue weighted by atomic mass is 79.9. The Hall–Kier alpha value is -2.81. The van der Waals surface area contributed by atoms with E-state index in [0.717, 1.165) is 36.1 Å². The first-order chi connectivity index (χ1) is 13.6. The van der Waals surface area contributed by atoms with Gasteiger partial charge in [0.25, 0.3) is 0 Å². The molecule has 28 heavy (non-hydrogen) atoms. The van der Waals surface area contributed by atoms with Gasteiger partial charge in [-0.25, -0.2) is 4.98 Å². The lowest BCUT2D eigenvalue weighted by molar-refractivity contribution is -0.120. The maximum absolute atomic E-state index is 12.5. The zero-order valence-corrected chi connectivity index (χ0v) is 17.0. The second-order valence-corrected chi connectivity index (χ2v) is 7.75. The third-order valence-corrected chi connectivity index (χ3v) is 5.33. The number of hydrogen-bond acceptors (Lipinski definition) is 6. The molecule has 0 spiro atoms. The summed E-state index contributed by atoms with van der Waals surface area (Å²) in [5.41, 5.74) is 2.11. The first-order valence-electron chi connectivity index (χ1n) is 9.13. The number of rotatable bonds is 4. The third-order valence-electron chi connectivity index (χ3n) is 4.86. The Labute approximate surface area is 171 Å². The van der Waals surface area contributed by atoms with Crippen molar-refractivity contribution in [2.45, 2.75) is 19.8 Å². The topological polar surface area (TPSA) is 88.8 Å². The lowest BCUT2D eigenvalue weighted by atomic mass is 9.96. The van der Waals surface area contributed by atoms with Gasteiger partial charge in [0.2, 0.25) is 11.9 Å². The second-order valence-electron chi connectivity index (χ2n) is 6.84. The van der Waals surface area contributed by atoms with Crippen LogP contribution in [0.2, 0.25) is 0 Å². The number of carbonyl (C=O) groups is 1. The number of aromatic nitrogens is 5.